The first-order valence-electron chi connectivity index (χ1n) is 9.44. The average Bonchev–Trinajstić information content (AvgIpc) is 2.75. The summed E-state index contributed by atoms with van der Waals surface area (Å²) >= 11 is 0. The molecule has 5 heteroatoms. The predicted octanol–water partition coefficient (Wildman–Crippen LogP) is 3.49. The molecule has 4 rings (SSSR count). The second-order valence-electron chi connectivity index (χ2n) is 6.85. The van der Waals surface area contributed by atoms with Crippen LogP contribution < -0.4 is 5.32 Å². The molecule has 2 amide bonds. The van der Waals surface area contributed by atoms with Gasteiger partial charge in [-0.25, -0.2) is 0 Å². The summed E-state index contributed by atoms with van der Waals surface area (Å²) in [6.45, 7) is 2.51. The number of amides is 2. The van der Waals surface area contributed by atoms with Gasteiger partial charge in [-0.2, -0.15) is 0 Å². The number of nitrogens with zero attached hydrogens (tertiary/aromatic N) is 1. The van der Waals surface area contributed by atoms with Crippen molar-refractivity contribution < 1.29 is 14.3 Å². The van der Waals surface area contributed by atoms with E-state index in [1.807, 2.05) is 71.6 Å². The van der Waals surface area contributed by atoms with Crippen LogP contribution in [0.4, 0.5) is 5.69 Å². The van der Waals surface area contributed by atoms with Crippen molar-refractivity contribution in [3.05, 3.63) is 77.9 Å². The van der Waals surface area contributed by atoms with Crippen LogP contribution in [0, 0.1) is 0 Å². The Morgan fingerprint density at radius 3 is 2.39 bits per heavy atom. The zero-order chi connectivity index (χ0) is 19.3. The summed E-state index contributed by atoms with van der Waals surface area (Å²) in [5, 5.41) is 4.90. The van der Waals surface area contributed by atoms with Gasteiger partial charge in [0.05, 0.1) is 19.6 Å². The van der Waals surface area contributed by atoms with Crippen LogP contribution in [-0.2, 0) is 16.0 Å². The number of ether oxygens (including phenoxy) is 1. The number of benzene rings is 3. The van der Waals surface area contributed by atoms with Gasteiger partial charge in [0.1, 0.15) is 0 Å². The lowest BCUT2D eigenvalue weighted by molar-refractivity contribution is -0.134. The molecule has 0 aliphatic carbocycles. The number of nitrogens with one attached hydrogen (secondary N) is 1. The van der Waals surface area contributed by atoms with Gasteiger partial charge in [-0.3, -0.25) is 9.59 Å². The largest absolute Gasteiger partial charge is 0.378 e. The van der Waals surface area contributed by atoms with Crippen LogP contribution in [0.5, 0.6) is 0 Å². The van der Waals surface area contributed by atoms with Crippen molar-refractivity contribution in [3.63, 3.8) is 0 Å². The first kappa shape index (κ1) is 18.2. The van der Waals surface area contributed by atoms with Crippen molar-refractivity contribution in [1.29, 1.82) is 0 Å². The van der Waals surface area contributed by atoms with Crippen LogP contribution in [0.1, 0.15) is 15.9 Å². The molecule has 0 spiro atoms. The number of carbonyl (C=O) groups is 2. The topological polar surface area (TPSA) is 58.6 Å². The summed E-state index contributed by atoms with van der Waals surface area (Å²) in [5.41, 5.74) is 2.28. The molecule has 1 saturated heterocycles. The average molecular weight is 374 g/mol. The van der Waals surface area contributed by atoms with Gasteiger partial charge >= 0.3 is 0 Å². The quantitative estimate of drug-likeness (QED) is 0.760. The van der Waals surface area contributed by atoms with Crippen molar-refractivity contribution in [1.82, 2.24) is 4.90 Å². The second-order valence-corrected chi connectivity index (χ2v) is 6.85. The van der Waals surface area contributed by atoms with Crippen molar-refractivity contribution in [3.8, 4) is 0 Å². The third-order valence-electron chi connectivity index (χ3n) is 4.97. The highest BCUT2D eigenvalue weighted by molar-refractivity contribution is 6.12. The van der Waals surface area contributed by atoms with Gasteiger partial charge in [0.2, 0.25) is 5.91 Å². The van der Waals surface area contributed by atoms with Crippen molar-refractivity contribution in [2.45, 2.75) is 6.42 Å². The number of morpholine rings is 1. The maximum atomic E-state index is 12.7. The Morgan fingerprint density at radius 2 is 1.61 bits per heavy atom. The Morgan fingerprint density at radius 1 is 0.893 bits per heavy atom. The van der Waals surface area contributed by atoms with Gasteiger partial charge in [0.25, 0.3) is 5.91 Å². The lowest BCUT2D eigenvalue weighted by Crippen LogP contribution is -2.41. The third-order valence-corrected chi connectivity index (χ3v) is 4.97. The van der Waals surface area contributed by atoms with Crippen LogP contribution in [0.3, 0.4) is 0 Å². The lowest BCUT2D eigenvalue weighted by Gasteiger charge is -2.26. The molecule has 1 aliphatic rings. The molecule has 0 atom stereocenters. The van der Waals surface area contributed by atoms with E-state index in [9.17, 15) is 9.59 Å². The van der Waals surface area contributed by atoms with Crippen LogP contribution in [0.15, 0.2) is 66.7 Å². The Balaban J connectivity index is 1.42. The van der Waals surface area contributed by atoms with Gasteiger partial charge in [-0.1, -0.05) is 48.5 Å². The molecule has 142 valence electrons. The third kappa shape index (κ3) is 4.05. The minimum Gasteiger partial charge on any atom is -0.378 e. The number of hydrogen-bond acceptors (Lipinski definition) is 3. The van der Waals surface area contributed by atoms with Crippen molar-refractivity contribution >= 4 is 28.3 Å². The first-order chi connectivity index (χ1) is 13.7. The van der Waals surface area contributed by atoms with E-state index in [1.54, 1.807) is 0 Å². The van der Waals surface area contributed by atoms with Gasteiger partial charge in [0.15, 0.2) is 0 Å². The van der Waals surface area contributed by atoms with E-state index in [0.717, 1.165) is 16.3 Å². The minimum absolute atomic E-state index is 0.107. The van der Waals surface area contributed by atoms with E-state index < -0.39 is 0 Å². The highest BCUT2D eigenvalue weighted by Crippen LogP contribution is 2.20. The van der Waals surface area contributed by atoms with E-state index in [1.165, 1.54) is 0 Å². The second kappa shape index (κ2) is 8.23. The molecule has 1 fully saturated rings. The smallest absolute Gasteiger partial charge is 0.256 e. The highest BCUT2D eigenvalue weighted by Gasteiger charge is 2.17. The van der Waals surface area contributed by atoms with E-state index in [2.05, 4.69) is 5.32 Å². The van der Waals surface area contributed by atoms with Gasteiger partial charge < -0.3 is 15.0 Å². The first-order valence-corrected chi connectivity index (χ1v) is 9.44. The monoisotopic (exact) mass is 374 g/mol. The molecule has 1 heterocycles. The Kier molecular flexibility index (Phi) is 5.35. The molecule has 3 aromatic carbocycles. The summed E-state index contributed by atoms with van der Waals surface area (Å²) < 4.78 is 5.28. The molecule has 1 N–H and O–H groups in total. The molecule has 3 aromatic rings. The minimum atomic E-state index is -0.144. The maximum Gasteiger partial charge on any atom is 0.256 e. The zero-order valence-electron chi connectivity index (χ0n) is 15.6. The van der Waals surface area contributed by atoms with E-state index >= 15 is 0 Å². The summed E-state index contributed by atoms with van der Waals surface area (Å²) in [6.07, 6.45) is 0.359. The molecule has 0 radical (unpaired) electrons. The molecular weight excluding hydrogens is 352 g/mol. The van der Waals surface area contributed by atoms with E-state index in [0.29, 0.717) is 44.0 Å². The molecule has 5 nitrogen and oxygen atoms in total. The lowest BCUT2D eigenvalue weighted by atomic mass is 10.0. The standard InChI is InChI=1S/C23H22N2O3/c26-22(25-12-14-28-15-13-25)16-17-8-10-19(11-9-17)24-23(27)21-7-3-5-18-4-1-2-6-20(18)21/h1-11H,12-16H2,(H,24,27). The maximum absolute atomic E-state index is 12.7. The fourth-order valence-electron chi connectivity index (χ4n) is 3.43. The Labute approximate surface area is 163 Å². The van der Waals surface area contributed by atoms with Gasteiger partial charge in [0, 0.05) is 24.3 Å². The van der Waals surface area contributed by atoms with Gasteiger partial charge in [-0.05, 0) is 34.5 Å². The molecule has 28 heavy (non-hydrogen) atoms. The van der Waals surface area contributed by atoms with Crippen LogP contribution in [-0.4, -0.2) is 43.0 Å². The Hall–Kier alpha value is -3.18. The number of anilines is 1. The normalized spacial score (nSPS) is 14.1. The fourth-order valence-corrected chi connectivity index (χ4v) is 3.43. The summed E-state index contributed by atoms with van der Waals surface area (Å²) in [7, 11) is 0. The van der Waals surface area contributed by atoms with Crippen molar-refractivity contribution in [2.24, 2.45) is 0 Å². The summed E-state index contributed by atoms with van der Waals surface area (Å²) in [6, 6.07) is 21.0. The van der Waals surface area contributed by atoms with Gasteiger partial charge in [-0.15, -0.1) is 0 Å². The number of fused-ring (bicyclic) bond motifs is 1. The van der Waals surface area contributed by atoms with E-state index in [4.69, 9.17) is 4.74 Å². The number of hydrogen-bond donors (Lipinski definition) is 1. The molecule has 0 bridgehead atoms. The number of rotatable bonds is 4. The van der Waals surface area contributed by atoms with Crippen LogP contribution in [0.25, 0.3) is 10.8 Å². The summed E-state index contributed by atoms with van der Waals surface area (Å²) in [5.74, 6) is -0.0372. The molecule has 1 aliphatic heterocycles. The van der Waals surface area contributed by atoms with Crippen molar-refractivity contribution in [2.75, 3.05) is 31.6 Å². The zero-order valence-corrected chi connectivity index (χ0v) is 15.6. The number of carbonyl (C=O) groups excluding carboxylic acids is 2. The SMILES string of the molecule is O=C(Nc1ccc(CC(=O)N2CCOCC2)cc1)c1cccc2ccccc12. The molecular formula is C23H22N2O3. The predicted molar refractivity (Wildman–Crippen MR) is 109 cm³/mol. The highest BCUT2D eigenvalue weighted by atomic mass is 16.5. The van der Waals surface area contributed by atoms with Crippen LogP contribution >= 0.6 is 0 Å². The molecule has 0 aromatic heterocycles. The van der Waals surface area contributed by atoms with Crippen LogP contribution in [0.2, 0.25) is 0 Å². The van der Waals surface area contributed by atoms with E-state index in [-0.39, 0.29) is 11.8 Å². The molecule has 0 saturated carbocycles. The molecule has 0 unspecified atom stereocenters. The fraction of sp³-hybridized carbons (Fsp3) is 0.217. The summed E-state index contributed by atoms with van der Waals surface area (Å²) in [4.78, 5) is 26.9. The Bertz CT molecular complexity index is 987.